The van der Waals surface area contributed by atoms with Gasteiger partial charge in [-0.25, -0.2) is 4.79 Å². The van der Waals surface area contributed by atoms with E-state index in [4.69, 9.17) is 28.6 Å². The average molecular weight is 311 g/mol. The van der Waals surface area contributed by atoms with Crippen LogP contribution < -0.4 is 10.6 Å². The predicted octanol–water partition coefficient (Wildman–Crippen LogP) is 2.70. The second kappa shape index (κ2) is 6.24. The highest BCUT2D eigenvalue weighted by atomic mass is 35.5. The summed E-state index contributed by atoms with van der Waals surface area (Å²) in [7, 11) is 0. The number of carbonyl (C=O) groups excluding carboxylic acids is 1. The molecule has 2 N–H and O–H groups in total. The molecule has 0 aliphatic carbocycles. The quantitative estimate of drug-likeness (QED) is 0.664. The minimum Gasteiger partial charge on any atom is -0.463 e. The highest BCUT2D eigenvalue weighted by Crippen LogP contribution is 2.31. The summed E-state index contributed by atoms with van der Waals surface area (Å²) in [5.41, 5.74) is 1.96. The number of halogens is 1. The van der Waals surface area contributed by atoms with Crippen molar-refractivity contribution >= 4 is 34.9 Å². The van der Waals surface area contributed by atoms with E-state index < -0.39 is 6.04 Å². The van der Waals surface area contributed by atoms with Crippen LogP contribution in [0.3, 0.4) is 0 Å². The van der Waals surface area contributed by atoms with Crippen LogP contribution in [0.15, 0.2) is 35.5 Å². The van der Waals surface area contributed by atoms with Crippen LogP contribution in [-0.4, -0.2) is 17.7 Å². The Morgan fingerprint density at radius 1 is 1.45 bits per heavy atom. The third kappa shape index (κ3) is 2.94. The average Bonchev–Trinajstić information content (AvgIpc) is 2.38. The highest BCUT2D eigenvalue weighted by Gasteiger charge is 2.31. The van der Waals surface area contributed by atoms with Gasteiger partial charge in [0.15, 0.2) is 5.11 Å². The fourth-order valence-corrected chi connectivity index (χ4v) is 2.63. The zero-order valence-corrected chi connectivity index (χ0v) is 12.8. The molecule has 20 heavy (non-hydrogen) atoms. The summed E-state index contributed by atoms with van der Waals surface area (Å²) in [5.74, 6) is -0.377. The molecule has 0 amide bonds. The maximum atomic E-state index is 12.2. The maximum Gasteiger partial charge on any atom is 0.338 e. The van der Waals surface area contributed by atoms with Gasteiger partial charge in [0.2, 0.25) is 0 Å². The number of hydrogen-bond acceptors (Lipinski definition) is 3. The third-order valence-electron chi connectivity index (χ3n) is 2.98. The summed E-state index contributed by atoms with van der Waals surface area (Å²) in [4.78, 5) is 12.2. The molecule has 0 saturated heterocycles. The van der Waals surface area contributed by atoms with E-state index in [9.17, 15) is 4.79 Å². The van der Waals surface area contributed by atoms with Crippen molar-refractivity contribution in [3.63, 3.8) is 0 Å². The molecule has 0 bridgehead atoms. The van der Waals surface area contributed by atoms with Gasteiger partial charge in [0.25, 0.3) is 0 Å². The molecule has 1 aliphatic heterocycles. The van der Waals surface area contributed by atoms with E-state index in [1.54, 1.807) is 19.9 Å². The van der Waals surface area contributed by atoms with Crippen LogP contribution in [0.4, 0.5) is 0 Å². The lowest BCUT2D eigenvalue weighted by molar-refractivity contribution is -0.139. The predicted molar refractivity (Wildman–Crippen MR) is 82.4 cm³/mol. The minimum atomic E-state index is -0.406. The second-order valence-corrected chi connectivity index (χ2v) is 5.13. The van der Waals surface area contributed by atoms with Gasteiger partial charge in [0.05, 0.1) is 18.2 Å². The van der Waals surface area contributed by atoms with Crippen LogP contribution in [0, 0.1) is 0 Å². The van der Waals surface area contributed by atoms with Crippen molar-refractivity contribution in [2.75, 3.05) is 6.61 Å². The van der Waals surface area contributed by atoms with Gasteiger partial charge >= 0.3 is 5.97 Å². The Morgan fingerprint density at radius 2 is 2.15 bits per heavy atom. The van der Waals surface area contributed by atoms with Gasteiger partial charge in [-0.05, 0) is 37.7 Å². The lowest BCUT2D eigenvalue weighted by Crippen LogP contribution is -2.45. The fourth-order valence-electron chi connectivity index (χ4n) is 2.12. The molecule has 1 aliphatic rings. The van der Waals surface area contributed by atoms with Crippen LogP contribution in [-0.2, 0) is 9.53 Å². The van der Waals surface area contributed by atoms with Gasteiger partial charge < -0.3 is 15.4 Å². The van der Waals surface area contributed by atoms with Gasteiger partial charge in [-0.1, -0.05) is 29.8 Å². The lowest BCUT2D eigenvalue weighted by Gasteiger charge is -2.30. The van der Waals surface area contributed by atoms with E-state index >= 15 is 0 Å². The van der Waals surface area contributed by atoms with E-state index in [0.29, 0.717) is 28.0 Å². The van der Waals surface area contributed by atoms with E-state index in [1.807, 2.05) is 18.2 Å². The number of benzene rings is 1. The number of thiocarbonyl (C=S) groups is 1. The van der Waals surface area contributed by atoms with Crippen LogP contribution in [0.5, 0.6) is 0 Å². The number of carbonyl (C=O) groups is 1. The molecule has 2 rings (SSSR count). The molecule has 1 atom stereocenters. The summed E-state index contributed by atoms with van der Waals surface area (Å²) >= 11 is 11.4. The molecule has 4 nitrogen and oxygen atoms in total. The monoisotopic (exact) mass is 310 g/mol. The Labute approximate surface area is 128 Å². The Hall–Kier alpha value is -1.59. The Balaban J connectivity index is 2.48. The molecule has 6 heteroatoms. The second-order valence-electron chi connectivity index (χ2n) is 4.31. The minimum absolute atomic E-state index is 0.315. The largest absolute Gasteiger partial charge is 0.463 e. The third-order valence-corrected chi connectivity index (χ3v) is 3.54. The summed E-state index contributed by atoms with van der Waals surface area (Å²) in [6.07, 6.45) is 0. The van der Waals surface area contributed by atoms with Crippen LogP contribution >= 0.6 is 23.8 Å². The SMILES string of the molecule is CCOC(=O)C1=C(C)NC(=S)NC1c1ccccc1Cl. The smallest absolute Gasteiger partial charge is 0.338 e. The van der Waals surface area contributed by atoms with Crippen molar-refractivity contribution < 1.29 is 9.53 Å². The first kappa shape index (κ1) is 14.8. The first-order valence-electron chi connectivity index (χ1n) is 6.24. The normalized spacial score (nSPS) is 18.4. The maximum absolute atomic E-state index is 12.2. The summed E-state index contributed by atoms with van der Waals surface area (Å²) < 4.78 is 5.12. The molecule has 0 radical (unpaired) electrons. The van der Waals surface area contributed by atoms with Gasteiger partial charge in [0, 0.05) is 10.7 Å². The van der Waals surface area contributed by atoms with Crippen LogP contribution in [0.2, 0.25) is 5.02 Å². The lowest BCUT2D eigenvalue weighted by atomic mass is 9.95. The molecule has 0 spiro atoms. The Kier molecular flexibility index (Phi) is 4.62. The molecular formula is C14H15ClN2O2S. The molecule has 106 valence electrons. The number of esters is 1. The molecule has 1 unspecified atom stereocenters. The topological polar surface area (TPSA) is 50.4 Å². The van der Waals surface area contributed by atoms with E-state index in [0.717, 1.165) is 5.56 Å². The molecule has 0 saturated carbocycles. The van der Waals surface area contributed by atoms with Crippen molar-refractivity contribution in [2.24, 2.45) is 0 Å². The van der Waals surface area contributed by atoms with Crippen molar-refractivity contribution in [3.05, 3.63) is 46.1 Å². The van der Waals surface area contributed by atoms with Crippen LogP contribution in [0.1, 0.15) is 25.5 Å². The van der Waals surface area contributed by atoms with Gasteiger partial charge in [-0.15, -0.1) is 0 Å². The zero-order chi connectivity index (χ0) is 14.7. The number of ether oxygens (including phenoxy) is 1. The summed E-state index contributed by atoms with van der Waals surface area (Å²) in [5, 5.41) is 7.05. The highest BCUT2D eigenvalue weighted by molar-refractivity contribution is 7.80. The standard InChI is InChI=1S/C14H15ClN2O2S/c1-3-19-13(18)11-8(2)16-14(20)17-12(11)9-6-4-5-7-10(9)15/h4-7,12H,3H2,1-2H3,(H2,16,17,20). The number of allylic oxidation sites excluding steroid dienone is 1. The molecule has 0 aromatic heterocycles. The van der Waals surface area contributed by atoms with E-state index in [-0.39, 0.29) is 5.97 Å². The summed E-state index contributed by atoms with van der Waals surface area (Å²) in [6.45, 7) is 3.88. The fraction of sp³-hybridized carbons (Fsp3) is 0.286. The van der Waals surface area contributed by atoms with Gasteiger partial charge in [0.1, 0.15) is 0 Å². The number of hydrogen-bond donors (Lipinski definition) is 2. The van der Waals surface area contributed by atoms with Gasteiger partial charge in [-0.3, -0.25) is 0 Å². The van der Waals surface area contributed by atoms with Gasteiger partial charge in [-0.2, -0.15) is 0 Å². The van der Waals surface area contributed by atoms with Crippen molar-refractivity contribution in [1.29, 1.82) is 0 Å². The van der Waals surface area contributed by atoms with Crippen molar-refractivity contribution in [1.82, 2.24) is 10.6 Å². The van der Waals surface area contributed by atoms with Crippen LogP contribution in [0.25, 0.3) is 0 Å². The molecule has 1 aromatic carbocycles. The summed E-state index contributed by atoms with van der Waals surface area (Å²) in [6, 6.07) is 6.94. The van der Waals surface area contributed by atoms with Crippen molar-refractivity contribution in [3.8, 4) is 0 Å². The molecule has 1 heterocycles. The number of rotatable bonds is 3. The molecule has 0 fully saturated rings. The molecule has 1 aromatic rings. The Morgan fingerprint density at radius 3 is 2.80 bits per heavy atom. The van der Waals surface area contributed by atoms with E-state index in [2.05, 4.69) is 10.6 Å². The Bertz CT molecular complexity index is 586. The van der Waals surface area contributed by atoms with E-state index in [1.165, 1.54) is 0 Å². The van der Waals surface area contributed by atoms with Crippen molar-refractivity contribution in [2.45, 2.75) is 19.9 Å². The first-order chi connectivity index (χ1) is 9.54. The molecular weight excluding hydrogens is 296 g/mol. The zero-order valence-electron chi connectivity index (χ0n) is 11.2. The number of nitrogens with one attached hydrogen (secondary N) is 2. The first-order valence-corrected chi connectivity index (χ1v) is 7.03.